The Kier molecular flexibility index (Phi) is 9.51. The lowest BCUT2D eigenvalue weighted by atomic mass is 9.74. The highest BCUT2D eigenvalue weighted by molar-refractivity contribution is 6.05. The Labute approximate surface area is 251 Å². The number of aliphatic hydroxyl groups excluding tert-OH is 1. The fourth-order valence-electron chi connectivity index (χ4n) is 6.61. The number of likely N-dealkylation sites (tertiary alicyclic amines) is 1. The lowest BCUT2D eigenvalue weighted by molar-refractivity contribution is -0.158. The molecule has 2 N–H and O–H groups in total. The average Bonchev–Trinajstić information content (AvgIpc) is 3.64. The molecule has 6 atom stereocenters. The molecule has 4 aliphatic rings. The van der Waals surface area contributed by atoms with E-state index in [0.29, 0.717) is 37.2 Å². The zero-order valence-electron chi connectivity index (χ0n) is 24.8. The van der Waals surface area contributed by atoms with E-state index in [2.05, 4.69) is 5.32 Å². The maximum Gasteiger partial charge on any atom is 0.313 e. The Balaban J connectivity index is 1.54. The van der Waals surface area contributed by atoms with E-state index in [-0.39, 0.29) is 43.8 Å². The highest BCUT2D eigenvalue weighted by atomic mass is 16.6. The van der Waals surface area contributed by atoms with Crippen molar-refractivity contribution in [2.75, 3.05) is 38.3 Å². The molecule has 2 fully saturated rings. The van der Waals surface area contributed by atoms with Gasteiger partial charge in [-0.15, -0.1) is 0 Å². The number of unbranched alkanes of at least 4 members (excludes halogenated alkanes) is 3. The molecule has 0 saturated carbocycles. The van der Waals surface area contributed by atoms with Gasteiger partial charge in [-0.1, -0.05) is 37.1 Å². The number of cyclic esters (lactones) is 1. The number of amides is 3. The number of rotatable bonds is 8. The fraction of sp³-hybridized carbons (Fsp3) is 0.562. The number of hydrogen-bond donors (Lipinski definition) is 2. The number of nitrogens with zero attached hydrogens (tertiary/aromatic N) is 2. The predicted octanol–water partition coefficient (Wildman–Crippen LogP) is 2.13. The number of benzene rings is 1. The minimum absolute atomic E-state index is 0.102. The summed E-state index contributed by atoms with van der Waals surface area (Å²) in [5.74, 6) is -2.56. The number of fused-ring (bicyclic) bond motifs is 2. The van der Waals surface area contributed by atoms with Gasteiger partial charge in [0.2, 0.25) is 11.8 Å². The summed E-state index contributed by atoms with van der Waals surface area (Å²) in [4.78, 5) is 58.0. The molecule has 5 bridgehead atoms. The molecule has 5 rings (SSSR count). The van der Waals surface area contributed by atoms with Crippen molar-refractivity contribution in [1.29, 1.82) is 0 Å². The Morgan fingerprint density at radius 3 is 2.56 bits per heavy atom. The monoisotopic (exact) mass is 595 g/mol. The van der Waals surface area contributed by atoms with Crippen molar-refractivity contribution in [1.82, 2.24) is 10.2 Å². The third kappa shape index (κ3) is 6.05. The van der Waals surface area contributed by atoms with Crippen LogP contribution in [0, 0.1) is 11.8 Å². The Hall–Kier alpha value is -3.70. The largest absolute Gasteiger partial charge is 0.497 e. The zero-order chi connectivity index (χ0) is 30.6. The van der Waals surface area contributed by atoms with Gasteiger partial charge < -0.3 is 34.4 Å². The maximum absolute atomic E-state index is 14.7. The second-order valence-corrected chi connectivity index (χ2v) is 11.6. The van der Waals surface area contributed by atoms with E-state index >= 15 is 0 Å². The van der Waals surface area contributed by atoms with Gasteiger partial charge in [0.05, 0.1) is 25.7 Å². The van der Waals surface area contributed by atoms with E-state index in [1.54, 1.807) is 60.3 Å². The number of ether oxygens (including phenoxy) is 3. The number of anilines is 1. The molecule has 0 radical (unpaired) electrons. The smallest absolute Gasteiger partial charge is 0.313 e. The standard InChI is InChI=1S/C32H41N3O8/c1-21-20-33-25(37)10-6-5-8-17-34(22-11-13-23(41-2)14-12-22)30(39)28-32-16-15-24(43-32)26(31(40)42-21)27(32)29(38)35(28)18-7-3-4-9-19-36/h5,8,11-16,21,24,26-28,36H,3-4,6-7,9-10,17-20H2,1-2H3,(H,33,37)/b8-5-/t21-,24+,26-,27-,28+,32-/m1/s1. The van der Waals surface area contributed by atoms with Crippen LogP contribution in [0.5, 0.6) is 5.75 Å². The summed E-state index contributed by atoms with van der Waals surface area (Å²) in [6.45, 7) is 2.47. The van der Waals surface area contributed by atoms with Crippen LogP contribution in [-0.2, 0) is 28.7 Å². The molecule has 1 aromatic rings. The van der Waals surface area contributed by atoms with Crippen molar-refractivity contribution in [3.8, 4) is 5.75 Å². The maximum atomic E-state index is 14.7. The van der Waals surface area contributed by atoms with E-state index in [1.807, 2.05) is 12.2 Å². The van der Waals surface area contributed by atoms with Crippen LogP contribution in [0.3, 0.4) is 0 Å². The molecule has 11 heteroatoms. The van der Waals surface area contributed by atoms with Crippen molar-refractivity contribution in [3.63, 3.8) is 0 Å². The summed E-state index contributed by atoms with van der Waals surface area (Å²) < 4.78 is 17.5. The fourth-order valence-corrected chi connectivity index (χ4v) is 6.61. The highest BCUT2D eigenvalue weighted by Gasteiger charge is 2.73. The molecule has 0 unspecified atom stereocenters. The number of nitrogens with one attached hydrogen (secondary N) is 1. The number of carbonyl (C=O) groups excluding carboxylic acids is 4. The summed E-state index contributed by atoms with van der Waals surface area (Å²) in [5, 5.41) is 12.0. The first kappa shape index (κ1) is 30.7. The number of allylic oxidation sites excluding steroid dienone is 1. The van der Waals surface area contributed by atoms with Crippen molar-refractivity contribution in [2.24, 2.45) is 11.8 Å². The van der Waals surface area contributed by atoms with E-state index in [0.717, 1.165) is 12.8 Å². The third-order valence-electron chi connectivity index (χ3n) is 8.73. The van der Waals surface area contributed by atoms with Crippen LogP contribution in [0.1, 0.15) is 45.4 Å². The van der Waals surface area contributed by atoms with Crippen LogP contribution >= 0.6 is 0 Å². The third-order valence-corrected chi connectivity index (χ3v) is 8.73. The minimum Gasteiger partial charge on any atom is -0.497 e. The van der Waals surface area contributed by atoms with E-state index in [4.69, 9.17) is 14.2 Å². The van der Waals surface area contributed by atoms with Gasteiger partial charge in [0.25, 0.3) is 5.91 Å². The summed E-state index contributed by atoms with van der Waals surface area (Å²) in [7, 11) is 1.57. The quantitative estimate of drug-likeness (QED) is 0.265. The Morgan fingerprint density at radius 2 is 1.81 bits per heavy atom. The molecular weight excluding hydrogens is 554 g/mol. The normalized spacial score (nSPS) is 31.7. The molecule has 232 valence electrons. The van der Waals surface area contributed by atoms with Gasteiger partial charge in [-0.05, 0) is 50.5 Å². The molecule has 43 heavy (non-hydrogen) atoms. The molecule has 3 amide bonds. The molecule has 0 aliphatic carbocycles. The first-order chi connectivity index (χ1) is 20.8. The van der Waals surface area contributed by atoms with E-state index < -0.39 is 41.7 Å². The van der Waals surface area contributed by atoms with Crippen LogP contribution in [-0.4, -0.2) is 90.9 Å². The summed E-state index contributed by atoms with van der Waals surface area (Å²) in [5.41, 5.74) is -0.699. The van der Waals surface area contributed by atoms with Gasteiger partial charge in [-0.3, -0.25) is 19.2 Å². The van der Waals surface area contributed by atoms with Gasteiger partial charge in [0, 0.05) is 31.8 Å². The van der Waals surface area contributed by atoms with Crippen LogP contribution in [0.2, 0.25) is 0 Å². The van der Waals surface area contributed by atoms with Gasteiger partial charge in [0.1, 0.15) is 29.4 Å². The number of carbonyl (C=O) groups is 4. The lowest BCUT2D eigenvalue weighted by Gasteiger charge is -2.36. The predicted molar refractivity (Wildman–Crippen MR) is 157 cm³/mol. The summed E-state index contributed by atoms with van der Waals surface area (Å²) in [6, 6.07) is 6.12. The second-order valence-electron chi connectivity index (χ2n) is 11.6. The van der Waals surface area contributed by atoms with Crippen molar-refractivity contribution in [3.05, 3.63) is 48.6 Å². The lowest BCUT2D eigenvalue weighted by Crippen LogP contribution is -2.56. The van der Waals surface area contributed by atoms with Crippen LogP contribution in [0.15, 0.2) is 48.6 Å². The van der Waals surface area contributed by atoms with Crippen LogP contribution in [0.25, 0.3) is 0 Å². The SMILES string of the molecule is COc1ccc(N2C/C=C\CCC(=O)NC[C@@H](C)OC(=O)[C@@H]3[C@@H]4C=C[C@]5(O4)[C@H](C2=O)N(CCCCCCO)C(=O)[C@@H]35)cc1. The van der Waals surface area contributed by atoms with Gasteiger partial charge in [-0.25, -0.2) is 0 Å². The molecular formula is C32H41N3O8. The molecule has 1 spiro atoms. The van der Waals surface area contributed by atoms with E-state index in [1.165, 1.54) is 0 Å². The molecule has 2 saturated heterocycles. The van der Waals surface area contributed by atoms with Crippen molar-refractivity contribution < 1.29 is 38.5 Å². The first-order valence-corrected chi connectivity index (χ1v) is 15.2. The molecule has 4 aliphatic heterocycles. The average molecular weight is 596 g/mol. The number of hydrogen-bond acceptors (Lipinski definition) is 8. The first-order valence-electron chi connectivity index (χ1n) is 15.2. The summed E-state index contributed by atoms with van der Waals surface area (Å²) in [6.07, 6.45) is 9.56. The minimum atomic E-state index is -1.31. The van der Waals surface area contributed by atoms with Gasteiger partial charge in [-0.2, -0.15) is 0 Å². The molecule has 1 aromatic carbocycles. The summed E-state index contributed by atoms with van der Waals surface area (Å²) >= 11 is 0. The number of aliphatic hydroxyl groups is 1. The molecule has 4 heterocycles. The van der Waals surface area contributed by atoms with Gasteiger partial charge in [0.15, 0.2) is 0 Å². The van der Waals surface area contributed by atoms with Crippen molar-refractivity contribution in [2.45, 2.75) is 69.3 Å². The van der Waals surface area contributed by atoms with E-state index in [9.17, 15) is 24.3 Å². The zero-order valence-corrected chi connectivity index (χ0v) is 24.8. The second kappa shape index (κ2) is 13.3. The van der Waals surface area contributed by atoms with Gasteiger partial charge >= 0.3 is 5.97 Å². The highest BCUT2D eigenvalue weighted by Crippen LogP contribution is 2.55. The van der Waals surface area contributed by atoms with Crippen LogP contribution < -0.4 is 15.0 Å². The topological polar surface area (TPSA) is 135 Å². The number of methoxy groups -OCH3 is 1. The molecule has 11 nitrogen and oxygen atoms in total. The van der Waals surface area contributed by atoms with Crippen molar-refractivity contribution >= 4 is 29.4 Å². The Morgan fingerprint density at radius 1 is 1.05 bits per heavy atom. The number of esters is 1. The molecule has 0 aromatic heterocycles. The Bertz CT molecular complexity index is 1260. The van der Waals surface area contributed by atoms with Crippen LogP contribution in [0.4, 0.5) is 5.69 Å².